The van der Waals surface area contributed by atoms with Gasteiger partial charge in [0.1, 0.15) is 17.2 Å². The highest BCUT2D eigenvalue weighted by atomic mass is 35.5. The van der Waals surface area contributed by atoms with E-state index in [4.69, 9.17) is 44.9 Å². The predicted molar refractivity (Wildman–Crippen MR) is 146 cm³/mol. The number of carboxylic acids is 1. The van der Waals surface area contributed by atoms with Crippen LogP contribution in [0.1, 0.15) is 16.9 Å². The molecule has 184 valence electrons. The quantitative estimate of drug-likeness (QED) is 0.157. The normalized spacial score (nSPS) is 10.6. The van der Waals surface area contributed by atoms with Crippen molar-refractivity contribution in [2.24, 2.45) is 0 Å². The van der Waals surface area contributed by atoms with Crippen LogP contribution in [0.5, 0.6) is 17.2 Å². The van der Waals surface area contributed by atoms with E-state index in [1.54, 1.807) is 12.1 Å². The molecule has 0 spiro atoms. The summed E-state index contributed by atoms with van der Waals surface area (Å²) in [6.07, 6.45) is 0.600. The molecule has 1 heterocycles. The van der Waals surface area contributed by atoms with Crippen molar-refractivity contribution >= 4 is 63.1 Å². The predicted octanol–water partition coefficient (Wildman–Crippen LogP) is 6.79. The Kier molecular flexibility index (Phi) is 8.43. The van der Waals surface area contributed by atoms with Gasteiger partial charge in [-0.15, -0.1) is 0 Å². The number of rotatable bonds is 9. The molecule has 4 rings (SSSR count). The van der Waals surface area contributed by atoms with Gasteiger partial charge in [-0.05, 0) is 67.2 Å². The van der Waals surface area contributed by atoms with Crippen molar-refractivity contribution in [3.8, 4) is 17.2 Å². The molecule has 0 fully saturated rings. The number of ether oxygens (including phenoxy) is 2. The van der Waals surface area contributed by atoms with Gasteiger partial charge in [0.05, 0.1) is 22.5 Å². The van der Waals surface area contributed by atoms with Crippen LogP contribution < -0.4 is 20.1 Å². The number of carbonyl (C=O) groups is 1. The van der Waals surface area contributed by atoms with Crippen LogP contribution in [-0.4, -0.2) is 34.3 Å². The van der Waals surface area contributed by atoms with Crippen molar-refractivity contribution in [2.75, 3.05) is 18.5 Å². The molecule has 0 aliphatic heterocycles. The lowest BCUT2D eigenvalue weighted by molar-refractivity contribution is 0.0690. The first kappa shape index (κ1) is 25.5. The van der Waals surface area contributed by atoms with E-state index in [2.05, 4.69) is 15.6 Å². The molecule has 36 heavy (non-hydrogen) atoms. The molecule has 0 bridgehead atoms. The number of benzene rings is 3. The Morgan fingerprint density at radius 1 is 1.00 bits per heavy atom. The van der Waals surface area contributed by atoms with Crippen LogP contribution in [0.15, 0.2) is 72.8 Å². The molecular formula is C26H21Cl2N3O4S. The summed E-state index contributed by atoms with van der Waals surface area (Å²) in [6.45, 7) is 0.841. The number of aromatic carboxylic acids is 1. The van der Waals surface area contributed by atoms with Crippen molar-refractivity contribution in [3.63, 3.8) is 0 Å². The van der Waals surface area contributed by atoms with Crippen LogP contribution in [0.4, 0.5) is 5.69 Å². The highest BCUT2D eigenvalue weighted by Crippen LogP contribution is 2.34. The number of fused-ring (bicyclic) bond motifs is 1. The fourth-order valence-electron chi connectivity index (χ4n) is 3.34. The van der Waals surface area contributed by atoms with E-state index in [-0.39, 0.29) is 5.69 Å². The Labute approximate surface area is 223 Å². The number of anilines is 1. The summed E-state index contributed by atoms with van der Waals surface area (Å²) >= 11 is 17.7. The topological polar surface area (TPSA) is 92.7 Å². The molecule has 4 aromatic rings. The fraction of sp³-hybridized carbons (Fsp3) is 0.115. The number of pyridine rings is 1. The minimum absolute atomic E-state index is 0.153. The van der Waals surface area contributed by atoms with Gasteiger partial charge in [-0.3, -0.25) is 0 Å². The smallest absolute Gasteiger partial charge is 0.354 e. The van der Waals surface area contributed by atoms with Crippen molar-refractivity contribution in [1.82, 2.24) is 10.3 Å². The molecule has 0 radical (unpaired) electrons. The van der Waals surface area contributed by atoms with Gasteiger partial charge in [0.15, 0.2) is 10.8 Å². The average molecular weight is 542 g/mol. The summed E-state index contributed by atoms with van der Waals surface area (Å²) in [5.41, 5.74) is 1.02. The van der Waals surface area contributed by atoms with Gasteiger partial charge < -0.3 is 25.2 Å². The van der Waals surface area contributed by atoms with E-state index >= 15 is 0 Å². The zero-order valence-corrected chi connectivity index (χ0v) is 21.2. The third-order valence-corrected chi connectivity index (χ3v) is 5.73. The Morgan fingerprint density at radius 2 is 1.72 bits per heavy atom. The Morgan fingerprint density at radius 3 is 2.44 bits per heavy atom. The Hall–Kier alpha value is -3.59. The van der Waals surface area contributed by atoms with Crippen molar-refractivity contribution in [3.05, 3.63) is 88.5 Å². The molecule has 10 heteroatoms. The van der Waals surface area contributed by atoms with Gasteiger partial charge in [0.25, 0.3) is 0 Å². The van der Waals surface area contributed by atoms with E-state index in [0.717, 1.165) is 17.2 Å². The first-order chi connectivity index (χ1) is 17.4. The SMILES string of the molecule is O=C(O)c1cc(OCCCNC(=S)Nc2ccc(Oc3ccccc3)cc2)c2c(Cl)cc(Cl)cc2n1. The largest absolute Gasteiger partial charge is 0.493 e. The maximum absolute atomic E-state index is 11.4. The maximum atomic E-state index is 11.4. The molecule has 3 aromatic carbocycles. The number of carboxylic acid groups (broad SMARTS) is 1. The van der Waals surface area contributed by atoms with Crippen LogP contribution in [-0.2, 0) is 0 Å². The summed E-state index contributed by atoms with van der Waals surface area (Å²) in [5.74, 6) is 0.649. The molecule has 1 aromatic heterocycles. The molecule has 0 unspecified atom stereocenters. The number of hydrogen-bond acceptors (Lipinski definition) is 5. The second-order valence-electron chi connectivity index (χ2n) is 7.61. The lowest BCUT2D eigenvalue weighted by Crippen LogP contribution is -2.30. The number of aromatic nitrogens is 1. The first-order valence-electron chi connectivity index (χ1n) is 10.9. The van der Waals surface area contributed by atoms with Crippen LogP contribution in [0, 0.1) is 0 Å². The Balaban J connectivity index is 1.26. The first-order valence-corrected chi connectivity index (χ1v) is 12.1. The lowest BCUT2D eigenvalue weighted by atomic mass is 10.1. The average Bonchev–Trinajstić information content (AvgIpc) is 2.85. The van der Waals surface area contributed by atoms with Crippen molar-refractivity contribution in [1.29, 1.82) is 0 Å². The van der Waals surface area contributed by atoms with E-state index in [9.17, 15) is 9.90 Å². The second-order valence-corrected chi connectivity index (χ2v) is 8.87. The fourth-order valence-corrected chi connectivity index (χ4v) is 4.13. The molecule has 0 saturated carbocycles. The number of para-hydroxylation sites is 1. The van der Waals surface area contributed by atoms with E-state index < -0.39 is 5.97 Å². The summed E-state index contributed by atoms with van der Waals surface area (Å²) in [7, 11) is 0. The summed E-state index contributed by atoms with van der Waals surface area (Å²) < 4.78 is 11.6. The highest BCUT2D eigenvalue weighted by Gasteiger charge is 2.15. The minimum atomic E-state index is -1.17. The van der Waals surface area contributed by atoms with Gasteiger partial charge in [-0.25, -0.2) is 9.78 Å². The van der Waals surface area contributed by atoms with Crippen LogP contribution >= 0.6 is 35.4 Å². The molecule has 0 aliphatic carbocycles. The van der Waals surface area contributed by atoms with Crippen LogP contribution in [0.2, 0.25) is 10.0 Å². The van der Waals surface area contributed by atoms with Gasteiger partial charge in [-0.2, -0.15) is 0 Å². The van der Waals surface area contributed by atoms with Gasteiger partial charge >= 0.3 is 5.97 Å². The van der Waals surface area contributed by atoms with Gasteiger partial charge in [-0.1, -0.05) is 41.4 Å². The van der Waals surface area contributed by atoms with E-state index in [0.29, 0.717) is 51.4 Å². The van der Waals surface area contributed by atoms with Crippen LogP contribution in [0.3, 0.4) is 0 Å². The van der Waals surface area contributed by atoms with Gasteiger partial charge in [0, 0.05) is 23.3 Å². The molecule has 3 N–H and O–H groups in total. The second kappa shape index (κ2) is 11.9. The summed E-state index contributed by atoms with van der Waals surface area (Å²) in [5, 5.41) is 17.3. The lowest BCUT2D eigenvalue weighted by Gasteiger charge is -2.13. The molecular weight excluding hydrogens is 521 g/mol. The number of nitrogens with zero attached hydrogens (tertiary/aromatic N) is 1. The molecule has 7 nitrogen and oxygen atoms in total. The summed E-state index contributed by atoms with van der Waals surface area (Å²) in [4.78, 5) is 15.5. The number of nitrogens with one attached hydrogen (secondary N) is 2. The molecule has 0 saturated heterocycles. The van der Waals surface area contributed by atoms with E-state index in [1.807, 2.05) is 54.6 Å². The highest BCUT2D eigenvalue weighted by molar-refractivity contribution is 7.80. The zero-order valence-electron chi connectivity index (χ0n) is 18.8. The summed E-state index contributed by atoms with van der Waals surface area (Å²) in [6, 6.07) is 21.5. The zero-order chi connectivity index (χ0) is 25.5. The van der Waals surface area contributed by atoms with E-state index in [1.165, 1.54) is 6.07 Å². The molecule has 0 atom stereocenters. The third kappa shape index (κ3) is 6.75. The number of thiocarbonyl (C=S) groups is 1. The van der Waals surface area contributed by atoms with Crippen molar-refractivity contribution in [2.45, 2.75) is 6.42 Å². The van der Waals surface area contributed by atoms with Gasteiger partial charge in [0.2, 0.25) is 0 Å². The number of halogens is 2. The molecule has 0 amide bonds. The van der Waals surface area contributed by atoms with Crippen LogP contribution in [0.25, 0.3) is 10.9 Å². The maximum Gasteiger partial charge on any atom is 0.354 e. The number of hydrogen-bond donors (Lipinski definition) is 3. The third-order valence-electron chi connectivity index (χ3n) is 4.96. The monoisotopic (exact) mass is 541 g/mol. The molecule has 0 aliphatic rings. The Bertz CT molecular complexity index is 1390. The minimum Gasteiger partial charge on any atom is -0.493 e. The standard InChI is InChI=1S/C26H21Cl2N3O4S/c27-16-13-20(28)24-21(14-16)31-22(25(32)33)15-23(24)34-12-4-11-29-26(36)30-17-7-9-19(10-8-17)35-18-5-2-1-3-6-18/h1-3,5-10,13-15H,4,11-12H2,(H,32,33)(H2,29,30,36). The van der Waals surface area contributed by atoms with Crippen molar-refractivity contribution < 1.29 is 19.4 Å².